The van der Waals surface area contributed by atoms with Gasteiger partial charge in [-0.05, 0) is 24.8 Å². The average Bonchev–Trinajstić information content (AvgIpc) is 2.38. The van der Waals surface area contributed by atoms with Gasteiger partial charge in [0.25, 0.3) is 0 Å². The molecule has 0 unspecified atom stereocenters. The monoisotopic (exact) mass is 288 g/mol. The van der Waals surface area contributed by atoms with Crippen LogP contribution in [-0.2, 0) is 11.2 Å². The Bertz CT molecular complexity index is 407. The van der Waals surface area contributed by atoms with Crippen LogP contribution in [0.25, 0.3) is 0 Å². The van der Waals surface area contributed by atoms with Crippen LogP contribution in [0.15, 0.2) is 30.3 Å². The van der Waals surface area contributed by atoms with Gasteiger partial charge >= 0.3 is 6.18 Å². The third-order valence-electron chi connectivity index (χ3n) is 2.82. The first-order valence-corrected chi connectivity index (χ1v) is 6.52. The van der Waals surface area contributed by atoms with Crippen LogP contribution in [0.1, 0.15) is 24.8 Å². The third-order valence-corrected chi connectivity index (χ3v) is 2.82. The number of carbonyl (C=O) groups is 1. The van der Waals surface area contributed by atoms with E-state index in [9.17, 15) is 18.0 Å². The number of amides is 1. The molecular formula is C14H19F3N2O. The number of hydrogen-bond donors (Lipinski definition) is 2. The molecule has 112 valence electrons. The third kappa shape index (κ3) is 7.13. The maximum Gasteiger partial charge on any atom is 0.389 e. The highest BCUT2D eigenvalue weighted by Gasteiger charge is 2.25. The largest absolute Gasteiger partial charge is 0.389 e. The van der Waals surface area contributed by atoms with E-state index in [1.54, 1.807) is 0 Å². The van der Waals surface area contributed by atoms with Crippen LogP contribution in [0.5, 0.6) is 0 Å². The van der Waals surface area contributed by atoms with Crippen molar-refractivity contribution in [3.05, 3.63) is 35.9 Å². The molecule has 1 rings (SSSR count). The highest BCUT2D eigenvalue weighted by molar-refractivity contribution is 5.81. The second-order valence-corrected chi connectivity index (χ2v) is 4.66. The fraction of sp³-hybridized carbons (Fsp3) is 0.500. The number of nitrogens with two attached hydrogens (primary N) is 1. The maximum absolute atomic E-state index is 11.9. The van der Waals surface area contributed by atoms with Crippen molar-refractivity contribution in [1.29, 1.82) is 0 Å². The first-order valence-electron chi connectivity index (χ1n) is 6.52. The van der Waals surface area contributed by atoms with Crippen molar-refractivity contribution in [2.75, 3.05) is 6.54 Å². The van der Waals surface area contributed by atoms with E-state index in [1.165, 1.54) is 0 Å². The van der Waals surface area contributed by atoms with Crippen molar-refractivity contribution >= 4 is 5.91 Å². The molecule has 1 amide bonds. The zero-order valence-corrected chi connectivity index (χ0v) is 11.1. The number of rotatable bonds is 7. The van der Waals surface area contributed by atoms with Gasteiger partial charge in [-0.25, -0.2) is 0 Å². The lowest BCUT2D eigenvalue weighted by Crippen LogP contribution is -2.42. The Morgan fingerprint density at radius 2 is 1.85 bits per heavy atom. The van der Waals surface area contributed by atoms with Crippen LogP contribution in [0, 0.1) is 0 Å². The van der Waals surface area contributed by atoms with E-state index in [4.69, 9.17) is 5.73 Å². The van der Waals surface area contributed by atoms with Crippen LogP contribution < -0.4 is 11.1 Å². The molecule has 0 saturated carbocycles. The summed E-state index contributed by atoms with van der Waals surface area (Å²) in [7, 11) is 0. The molecule has 0 aliphatic heterocycles. The lowest BCUT2D eigenvalue weighted by molar-refractivity contribution is -0.135. The van der Waals surface area contributed by atoms with Crippen molar-refractivity contribution in [2.24, 2.45) is 5.73 Å². The Morgan fingerprint density at radius 1 is 1.20 bits per heavy atom. The molecule has 0 radical (unpaired) electrons. The molecule has 1 aromatic rings. The molecule has 3 nitrogen and oxygen atoms in total. The lowest BCUT2D eigenvalue weighted by Gasteiger charge is -2.12. The summed E-state index contributed by atoms with van der Waals surface area (Å²) in [6.45, 7) is 0.220. The molecule has 0 bridgehead atoms. The summed E-state index contributed by atoms with van der Waals surface area (Å²) >= 11 is 0. The van der Waals surface area contributed by atoms with E-state index in [2.05, 4.69) is 5.32 Å². The molecule has 0 aliphatic rings. The molecule has 0 aliphatic carbocycles. The van der Waals surface area contributed by atoms with Gasteiger partial charge in [-0.15, -0.1) is 0 Å². The predicted octanol–water partition coefficient (Wildman–Crippen LogP) is 2.41. The van der Waals surface area contributed by atoms with E-state index in [0.717, 1.165) is 5.56 Å². The number of hydrogen-bond acceptors (Lipinski definition) is 2. The number of alkyl halides is 3. The predicted molar refractivity (Wildman–Crippen MR) is 71.0 cm³/mol. The molecule has 20 heavy (non-hydrogen) atoms. The molecule has 0 saturated heterocycles. The quantitative estimate of drug-likeness (QED) is 0.757. The molecule has 0 heterocycles. The van der Waals surface area contributed by atoms with Crippen LogP contribution in [0.2, 0.25) is 0 Å². The van der Waals surface area contributed by atoms with E-state index in [1.807, 2.05) is 30.3 Å². The number of nitrogens with one attached hydrogen (secondary N) is 1. The normalized spacial score (nSPS) is 13.0. The zero-order valence-electron chi connectivity index (χ0n) is 11.1. The summed E-state index contributed by atoms with van der Waals surface area (Å²) in [6.07, 6.45) is -4.23. The second-order valence-electron chi connectivity index (χ2n) is 4.66. The van der Waals surface area contributed by atoms with Crippen molar-refractivity contribution < 1.29 is 18.0 Å². The van der Waals surface area contributed by atoms with E-state index < -0.39 is 18.6 Å². The van der Waals surface area contributed by atoms with E-state index in [0.29, 0.717) is 12.8 Å². The lowest BCUT2D eigenvalue weighted by atomic mass is 10.1. The minimum atomic E-state index is -4.13. The van der Waals surface area contributed by atoms with Gasteiger partial charge in [0.2, 0.25) is 5.91 Å². The molecule has 3 N–H and O–H groups in total. The summed E-state index contributed by atoms with van der Waals surface area (Å²) in [4.78, 5) is 11.6. The highest BCUT2D eigenvalue weighted by atomic mass is 19.4. The Balaban J connectivity index is 2.19. The molecule has 1 aromatic carbocycles. The minimum absolute atomic E-state index is 0.0116. The van der Waals surface area contributed by atoms with Gasteiger partial charge in [-0.3, -0.25) is 4.79 Å². The average molecular weight is 288 g/mol. The fourth-order valence-corrected chi connectivity index (χ4v) is 1.75. The van der Waals surface area contributed by atoms with Crippen molar-refractivity contribution in [3.8, 4) is 0 Å². The van der Waals surface area contributed by atoms with Gasteiger partial charge < -0.3 is 11.1 Å². The first kappa shape index (κ1) is 16.5. The summed E-state index contributed by atoms with van der Waals surface area (Å²) < 4.78 is 35.7. The van der Waals surface area contributed by atoms with Gasteiger partial charge in [0.1, 0.15) is 0 Å². The highest BCUT2D eigenvalue weighted by Crippen LogP contribution is 2.21. The number of benzene rings is 1. The van der Waals surface area contributed by atoms with Gasteiger partial charge in [-0.1, -0.05) is 30.3 Å². The Hall–Kier alpha value is -1.56. The maximum atomic E-state index is 11.9. The zero-order chi connectivity index (χ0) is 15.0. The van der Waals surface area contributed by atoms with Crippen molar-refractivity contribution in [2.45, 2.75) is 37.9 Å². The van der Waals surface area contributed by atoms with Crippen LogP contribution >= 0.6 is 0 Å². The SMILES string of the molecule is N[C@@H](Cc1ccccc1)C(=O)NCCCCC(F)(F)F. The summed E-state index contributed by atoms with van der Waals surface area (Å²) in [5.41, 5.74) is 6.69. The van der Waals surface area contributed by atoms with E-state index >= 15 is 0 Å². The standard InChI is InChI=1S/C14H19F3N2O/c15-14(16,17)8-4-5-9-19-13(20)12(18)10-11-6-2-1-3-7-11/h1-3,6-7,12H,4-5,8-10,18H2,(H,19,20)/t12-/m0/s1. The molecule has 6 heteroatoms. The Kier molecular flexibility index (Phi) is 6.51. The molecule has 0 fully saturated rings. The summed E-state index contributed by atoms with van der Waals surface area (Å²) in [5, 5.41) is 2.56. The van der Waals surface area contributed by atoms with Crippen molar-refractivity contribution in [1.82, 2.24) is 5.32 Å². The summed E-state index contributed by atoms with van der Waals surface area (Å²) in [6, 6.07) is 8.65. The Labute approximate surface area is 116 Å². The van der Waals surface area contributed by atoms with Gasteiger partial charge in [0.05, 0.1) is 6.04 Å². The molecule has 0 spiro atoms. The fourth-order valence-electron chi connectivity index (χ4n) is 1.75. The van der Waals surface area contributed by atoms with Gasteiger partial charge in [0, 0.05) is 13.0 Å². The van der Waals surface area contributed by atoms with Crippen LogP contribution in [-0.4, -0.2) is 24.7 Å². The number of unbranched alkanes of at least 4 members (excludes halogenated alkanes) is 1. The minimum Gasteiger partial charge on any atom is -0.355 e. The molecule has 0 aromatic heterocycles. The molecular weight excluding hydrogens is 269 g/mol. The van der Waals surface area contributed by atoms with Crippen molar-refractivity contribution in [3.63, 3.8) is 0 Å². The topological polar surface area (TPSA) is 55.1 Å². The van der Waals surface area contributed by atoms with Crippen LogP contribution in [0.4, 0.5) is 13.2 Å². The van der Waals surface area contributed by atoms with Gasteiger partial charge in [0.15, 0.2) is 0 Å². The number of carbonyl (C=O) groups excluding carboxylic acids is 1. The molecule has 1 atom stereocenters. The Morgan fingerprint density at radius 3 is 2.45 bits per heavy atom. The summed E-state index contributed by atoms with van der Waals surface area (Å²) in [5.74, 6) is -0.333. The smallest absolute Gasteiger partial charge is 0.355 e. The number of halogens is 3. The van der Waals surface area contributed by atoms with E-state index in [-0.39, 0.29) is 18.9 Å². The van der Waals surface area contributed by atoms with Crippen LogP contribution in [0.3, 0.4) is 0 Å². The van der Waals surface area contributed by atoms with Gasteiger partial charge in [-0.2, -0.15) is 13.2 Å². The second kappa shape index (κ2) is 7.89. The first-order chi connectivity index (χ1) is 9.38.